The quantitative estimate of drug-likeness (QED) is 0.629. The lowest BCUT2D eigenvalue weighted by atomic mass is 10.1. The predicted octanol–water partition coefficient (Wildman–Crippen LogP) is 2.53. The number of rotatable bonds is 3. The van der Waals surface area contributed by atoms with Crippen LogP contribution in [0.15, 0.2) is 28.9 Å². The van der Waals surface area contributed by atoms with Gasteiger partial charge in [0.1, 0.15) is 24.5 Å². The molecule has 0 spiro atoms. The Morgan fingerprint density at radius 2 is 1.76 bits per heavy atom. The third kappa shape index (κ3) is 2.04. The van der Waals surface area contributed by atoms with Gasteiger partial charge in [-0.05, 0) is 12.1 Å². The summed E-state index contributed by atoms with van der Waals surface area (Å²) in [6, 6.07) is 4.32. The Labute approximate surface area is 117 Å². The van der Waals surface area contributed by atoms with Gasteiger partial charge in [0.15, 0.2) is 5.75 Å². The molecule has 2 heterocycles. The average molecular weight is 292 g/mol. The molecule has 2 aromatic rings. The van der Waals surface area contributed by atoms with Gasteiger partial charge >= 0.3 is 11.4 Å². The Hall–Kier alpha value is -3.10. The molecular weight excluding hydrogens is 284 g/mol. The zero-order valence-corrected chi connectivity index (χ0v) is 10.5. The fourth-order valence-electron chi connectivity index (χ4n) is 2.13. The van der Waals surface area contributed by atoms with Crippen LogP contribution in [0, 0.1) is 20.2 Å². The van der Waals surface area contributed by atoms with Gasteiger partial charge in [0.2, 0.25) is 5.75 Å². The summed E-state index contributed by atoms with van der Waals surface area (Å²) < 4.78 is 15.6. The minimum Gasteiger partial charge on any atom is -0.486 e. The number of nitro benzene ring substituents is 2. The first-order valence-corrected chi connectivity index (χ1v) is 5.89. The van der Waals surface area contributed by atoms with Crippen LogP contribution in [0.25, 0.3) is 11.3 Å². The van der Waals surface area contributed by atoms with Crippen molar-refractivity contribution in [2.75, 3.05) is 13.2 Å². The maximum Gasteiger partial charge on any atom is 0.392 e. The molecule has 0 radical (unpaired) electrons. The SMILES string of the molecule is O=[N+]([O-])c1c(-c2ccco2)cc2c(c1[N+](=O)[O-])OCCO2. The standard InChI is InChI=1S/C12H8N2O7/c15-13(16)10-7(8-2-1-3-19-8)6-9-12(11(10)14(17)18)21-5-4-20-9/h1-3,6H,4-5H2. The van der Waals surface area contributed by atoms with Gasteiger partial charge in [-0.25, -0.2) is 0 Å². The lowest BCUT2D eigenvalue weighted by Crippen LogP contribution is -2.17. The van der Waals surface area contributed by atoms with Gasteiger partial charge in [-0.3, -0.25) is 20.2 Å². The van der Waals surface area contributed by atoms with Crippen LogP contribution in [0.3, 0.4) is 0 Å². The van der Waals surface area contributed by atoms with E-state index in [1.165, 1.54) is 24.5 Å². The Morgan fingerprint density at radius 1 is 1.05 bits per heavy atom. The second kappa shape index (κ2) is 4.78. The number of ether oxygens (including phenoxy) is 2. The van der Waals surface area contributed by atoms with E-state index in [-0.39, 0.29) is 36.0 Å². The van der Waals surface area contributed by atoms with Gasteiger partial charge in [0, 0.05) is 6.07 Å². The highest BCUT2D eigenvalue weighted by atomic mass is 16.6. The first kappa shape index (κ1) is 12.9. The van der Waals surface area contributed by atoms with E-state index < -0.39 is 21.2 Å². The van der Waals surface area contributed by atoms with Crippen LogP contribution in [0.1, 0.15) is 0 Å². The van der Waals surface area contributed by atoms with Crippen molar-refractivity contribution < 1.29 is 23.7 Å². The van der Waals surface area contributed by atoms with Gasteiger partial charge < -0.3 is 13.9 Å². The maximum atomic E-state index is 11.3. The molecule has 0 amide bonds. The van der Waals surface area contributed by atoms with E-state index in [2.05, 4.69) is 0 Å². The van der Waals surface area contributed by atoms with E-state index in [9.17, 15) is 20.2 Å². The zero-order valence-electron chi connectivity index (χ0n) is 10.5. The first-order chi connectivity index (χ1) is 10.1. The van der Waals surface area contributed by atoms with Crippen LogP contribution >= 0.6 is 0 Å². The lowest BCUT2D eigenvalue weighted by molar-refractivity contribution is -0.422. The van der Waals surface area contributed by atoms with E-state index in [0.717, 1.165) is 0 Å². The van der Waals surface area contributed by atoms with Crippen LogP contribution < -0.4 is 9.47 Å². The second-order valence-electron chi connectivity index (χ2n) is 4.14. The number of fused-ring (bicyclic) bond motifs is 1. The molecule has 0 saturated carbocycles. The third-order valence-corrected chi connectivity index (χ3v) is 2.93. The Balaban J connectivity index is 2.37. The molecule has 0 saturated heterocycles. The summed E-state index contributed by atoms with van der Waals surface area (Å²) in [4.78, 5) is 20.9. The molecule has 0 aliphatic carbocycles. The van der Waals surface area contributed by atoms with Crippen molar-refractivity contribution in [3.05, 3.63) is 44.7 Å². The molecule has 0 atom stereocenters. The predicted molar refractivity (Wildman–Crippen MR) is 68.4 cm³/mol. The van der Waals surface area contributed by atoms with Gasteiger partial charge in [0.05, 0.1) is 16.1 Å². The van der Waals surface area contributed by atoms with E-state index in [4.69, 9.17) is 13.9 Å². The van der Waals surface area contributed by atoms with Crippen molar-refractivity contribution in [3.8, 4) is 22.8 Å². The fourth-order valence-corrected chi connectivity index (χ4v) is 2.13. The highest BCUT2D eigenvalue weighted by Crippen LogP contribution is 2.50. The molecule has 1 aliphatic rings. The first-order valence-electron chi connectivity index (χ1n) is 5.89. The average Bonchev–Trinajstić information content (AvgIpc) is 2.98. The molecule has 21 heavy (non-hydrogen) atoms. The molecule has 108 valence electrons. The van der Waals surface area contributed by atoms with E-state index in [1.807, 2.05) is 0 Å². The highest BCUT2D eigenvalue weighted by Gasteiger charge is 2.39. The molecule has 0 unspecified atom stereocenters. The van der Waals surface area contributed by atoms with Crippen LogP contribution in [-0.2, 0) is 0 Å². The van der Waals surface area contributed by atoms with Crippen LogP contribution in [0.2, 0.25) is 0 Å². The van der Waals surface area contributed by atoms with E-state index >= 15 is 0 Å². The van der Waals surface area contributed by atoms with Gasteiger partial charge in [-0.1, -0.05) is 0 Å². The van der Waals surface area contributed by atoms with Crippen molar-refractivity contribution in [1.82, 2.24) is 0 Å². The minimum absolute atomic E-state index is 0.0269. The van der Waals surface area contributed by atoms with Crippen molar-refractivity contribution >= 4 is 11.4 Å². The van der Waals surface area contributed by atoms with Crippen LogP contribution in [0.4, 0.5) is 11.4 Å². The number of hydrogen-bond donors (Lipinski definition) is 0. The minimum atomic E-state index is -0.849. The monoisotopic (exact) mass is 292 g/mol. The molecule has 0 N–H and O–H groups in total. The summed E-state index contributed by atoms with van der Waals surface area (Å²) in [5.74, 6) is -0.0000189. The van der Waals surface area contributed by atoms with Crippen molar-refractivity contribution in [3.63, 3.8) is 0 Å². The van der Waals surface area contributed by atoms with Crippen molar-refractivity contribution in [1.29, 1.82) is 0 Å². The van der Waals surface area contributed by atoms with E-state index in [0.29, 0.717) is 0 Å². The summed E-state index contributed by atoms with van der Waals surface area (Å²) in [6.45, 7) is 0.296. The lowest BCUT2D eigenvalue weighted by Gasteiger charge is -2.18. The Bertz CT molecular complexity index is 724. The van der Waals surface area contributed by atoms with Gasteiger partial charge in [-0.2, -0.15) is 0 Å². The largest absolute Gasteiger partial charge is 0.486 e. The van der Waals surface area contributed by atoms with Crippen LogP contribution in [0.5, 0.6) is 11.5 Å². The number of hydrogen-bond acceptors (Lipinski definition) is 7. The summed E-state index contributed by atoms with van der Waals surface area (Å²) in [6.07, 6.45) is 1.32. The smallest absolute Gasteiger partial charge is 0.392 e. The number of furan rings is 1. The molecule has 0 fully saturated rings. The summed E-state index contributed by atoms with van der Waals surface area (Å²) in [5.41, 5.74) is -1.44. The molecule has 0 bridgehead atoms. The second-order valence-corrected chi connectivity index (χ2v) is 4.14. The molecule has 1 aliphatic heterocycles. The molecule has 3 rings (SSSR count). The molecular formula is C12H8N2O7. The van der Waals surface area contributed by atoms with Crippen molar-refractivity contribution in [2.45, 2.75) is 0 Å². The molecule has 9 heteroatoms. The topological polar surface area (TPSA) is 118 Å². The molecule has 1 aromatic heterocycles. The summed E-state index contributed by atoms with van der Waals surface area (Å²) in [5, 5.41) is 22.5. The van der Waals surface area contributed by atoms with Gasteiger partial charge in [-0.15, -0.1) is 0 Å². The fraction of sp³-hybridized carbons (Fsp3) is 0.167. The zero-order chi connectivity index (χ0) is 15.0. The Morgan fingerprint density at radius 3 is 2.38 bits per heavy atom. The summed E-state index contributed by atoms with van der Waals surface area (Å²) >= 11 is 0. The molecule has 1 aromatic carbocycles. The molecule has 9 nitrogen and oxygen atoms in total. The van der Waals surface area contributed by atoms with Crippen molar-refractivity contribution in [2.24, 2.45) is 0 Å². The number of benzene rings is 1. The normalized spacial score (nSPS) is 13.0. The maximum absolute atomic E-state index is 11.3. The highest BCUT2D eigenvalue weighted by molar-refractivity contribution is 5.83. The van der Waals surface area contributed by atoms with Gasteiger partial charge in [0.25, 0.3) is 0 Å². The van der Waals surface area contributed by atoms with E-state index in [1.54, 1.807) is 0 Å². The van der Waals surface area contributed by atoms with Crippen LogP contribution in [-0.4, -0.2) is 23.1 Å². The summed E-state index contributed by atoms with van der Waals surface area (Å²) in [7, 11) is 0. The Kier molecular flexibility index (Phi) is 2.94. The number of nitro groups is 2. The third-order valence-electron chi connectivity index (χ3n) is 2.93. The number of nitrogens with zero attached hydrogens (tertiary/aromatic N) is 2.